The molecule has 0 heterocycles. The molecule has 0 bridgehead atoms. The van der Waals surface area contributed by atoms with E-state index < -0.39 is 75.5 Å². The van der Waals surface area contributed by atoms with Crippen molar-refractivity contribution in [2.24, 2.45) is 17.6 Å². The van der Waals surface area contributed by atoms with E-state index in [2.05, 4.69) is 0 Å². The Morgan fingerprint density at radius 2 is 1.67 bits per heavy atom. The highest BCUT2D eigenvalue weighted by molar-refractivity contribution is 6.25. The number of aliphatic hydroxyl groups excluding tert-OH is 3. The number of benzene rings is 2. The lowest BCUT2D eigenvalue weighted by Crippen LogP contribution is -2.68. The van der Waals surface area contributed by atoms with Crippen molar-refractivity contribution in [3.63, 3.8) is 0 Å². The van der Waals surface area contributed by atoms with E-state index in [0.29, 0.717) is 23.2 Å². The van der Waals surface area contributed by atoms with E-state index in [-0.39, 0.29) is 5.56 Å². The van der Waals surface area contributed by atoms with Gasteiger partial charge in [0, 0.05) is 12.5 Å². The number of primary amides is 1. The van der Waals surface area contributed by atoms with E-state index in [9.17, 15) is 39.9 Å². The van der Waals surface area contributed by atoms with Crippen LogP contribution in [0.3, 0.4) is 0 Å². The fraction of sp³-hybridized carbons (Fsp3) is 0.323. The molecule has 1 amide bonds. The topological polar surface area (TPSA) is 185 Å². The highest BCUT2D eigenvalue weighted by atomic mass is 16.4. The summed E-state index contributed by atoms with van der Waals surface area (Å²) in [4.78, 5) is 43.1. The molecule has 2 aromatic carbocycles. The summed E-state index contributed by atoms with van der Waals surface area (Å²) in [5, 5.41) is 57.2. The fourth-order valence-electron chi connectivity index (χ4n) is 6.58. The van der Waals surface area contributed by atoms with Gasteiger partial charge in [-0.2, -0.15) is 0 Å². The molecule has 0 spiro atoms. The number of phenolic OH excluding ortho intramolecular Hbond substituents is 1. The number of Topliss-reactive ketones (excluding diaryl/α,β-unsaturated/α-hetero) is 2. The molecule has 0 aliphatic heterocycles. The van der Waals surface area contributed by atoms with Gasteiger partial charge < -0.3 is 36.2 Å². The molecule has 0 saturated carbocycles. The number of nitrogens with two attached hydrogens (primary N) is 1. The first-order chi connectivity index (χ1) is 19.7. The lowest BCUT2D eigenvalue weighted by Gasteiger charge is -2.52. The Morgan fingerprint density at radius 3 is 2.24 bits per heavy atom. The van der Waals surface area contributed by atoms with Crippen molar-refractivity contribution in [1.82, 2.24) is 9.80 Å². The van der Waals surface area contributed by atoms with Crippen LogP contribution in [0.25, 0.3) is 11.6 Å². The molecule has 3 aliphatic rings. The van der Waals surface area contributed by atoms with Gasteiger partial charge in [0.2, 0.25) is 5.78 Å². The largest absolute Gasteiger partial charge is 0.510 e. The normalized spacial score (nSPS) is 28.3. The maximum absolute atomic E-state index is 13.9. The van der Waals surface area contributed by atoms with Gasteiger partial charge in [0.05, 0.1) is 29.2 Å². The average Bonchev–Trinajstić information content (AvgIpc) is 2.90. The number of amides is 1. The van der Waals surface area contributed by atoms with E-state index >= 15 is 0 Å². The molecule has 11 nitrogen and oxygen atoms in total. The molecule has 0 aromatic heterocycles. The van der Waals surface area contributed by atoms with Gasteiger partial charge in [-0.15, -0.1) is 0 Å². The number of hydrogen-bond acceptors (Lipinski definition) is 10. The Morgan fingerprint density at radius 1 is 1.02 bits per heavy atom. The minimum absolute atomic E-state index is 0.180. The molecule has 42 heavy (non-hydrogen) atoms. The second-order valence-electron chi connectivity index (χ2n) is 11.5. The molecule has 5 atom stereocenters. The van der Waals surface area contributed by atoms with Crippen LogP contribution in [0.15, 0.2) is 65.1 Å². The number of ketones is 2. The third kappa shape index (κ3) is 4.16. The molecule has 0 radical (unpaired) electrons. The van der Waals surface area contributed by atoms with Gasteiger partial charge in [-0.05, 0) is 56.5 Å². The lowest BCUT2D eigenvalue weighted by molar-refractivity contribution is -0.159. The summed E-state index contributed by atoms with van der Waals surface area (Å²) in [6.07, 6.45) is -0.0252. The van der Waals surface area contributed by atoms with E-state index in [1.54, 1.807) is 12.1 Å². The van der Waals surface area contributed by atoms with Gasteiger partial charge in [0.25, 0.3) is 5.91 Å². The zero-order valence-electron chi connectivity index (χ0n) is 23.6. The van der Waals surface area contributed by atoms with Crippen LogP contribution in [0.1, 0.15) is 27.0 Å². The quantitative estimate of drug-likeness (QED) is 0.283. The predicted octanol–water partition coefficient (Wildman–Crippen LogP) is 1.15. The van der Waals surface area contributed by atoms with Crippen LogP contribution in [0, 0.1) is 11.8 Å². The molecule has 0 fully saturated rings. The first-order valence-electron chi connectivity index (χ1n) is 13.3. The molecule has 0 unspecified atom stereocenters. The number of fused-ring (bicyclic) bond motifs is 3. The molecule has 3 aliphatic carbocycles. The highest BCUT2D eigenvalue weighted by Crippen LogP contribution is 2.55. The number of nitrogens with zero attached hydrogens (tertiary/aromatic N) is 2. The Balaban J connectivity index is 1.80. The second kappa shape index (κ2) is 10.2. The third-order valence-electron chi connectivity index (χ3n) is 8.33. The first-order valence-corrected chi connectivity index (χ1v) is 13.3. The van der Waals surface area contributed by atoms with Crippen LogP contribution in [-0.2, 0) is 16.1 Å². The first kappa shape index (κ1) is 29.2. The van der Waals surface area contributed by atoms with E-state index in [1.807, 2.05) is 43.3 Å². The van der Waals surface area contributed by atoms with Crippen LogP contribution < -0.4 is 5.73 Å². The Kier molecular flexibility index (Phi) is 7.10. The third-order valence-corrected chi connectivity index (χ3v) is 8.33. The Hall–Kier alpha value is -4.29. The maximum Gasteiger partial charge on any atom is 0.255 e. The summed E-state index contributed by atoms with van der Waals surface area (Å²) in [5.74, 6) is -8.81. The van der Waals surface area contributed by atoms with Crippen LogP contribution in [0.5, 0.6) is 5.75 Å². The summed E-state index contributed by atoms with van der Waals surface area (Å²) < 4.78 is 0. The van der Waals surface area contributed by atoms with Gasteiger partial charge in [-0.25, -0.2) is 0 Å². The Labute approximate surface area is 242 Å². The molecule has 11 heteroatoms. The monoisotopic (exact) mass is 575 g/mol. The minimum Gasteiger partial charge on any atom is -0.510 e. The number of aliphatic hydroxyl groups is 4. The van der Waals surface area contributed by atoms with E-state index in [1.165, 1.54) is 31.1 Å². The van der Waals surface area contributed by atoms with Crippen molar-refractivity contribution >= 4 is 29.1 Å². The van der Waals surface area contributed by atoms with Crippen LogP contribution in [-0.4, -0.2) is 98.7 Å². The minimum atomic E-state index is -2.98. The molecular formula is C31H33N3O8. The smallest absolute Gasteiger partial charge is 0.255 e. The highest BCUT2D eigenvalue weighted by Gasteiger charge is 2.67. The summed E-state index contributed by atoms with van der Waals surface area (Å²) in [7, 11) is 6.87. The summed E-state index contributed by atoms with van der Waals surface area (Å²) in [6, 6.07) is 10.6. The van der Waals surface area contributed by atoms with Crippen LogP contribution in [0.2, 0.25) is 0 Å². The van der Waals surface area contributed by atoms with Gasteiger partial charge in [-0.1, -0.05) is 42.5 Å². The standard InChI is InChI=1S/C31H33N3O8/c1-33(2)13-15-10-8-14(9-11-15)12-17-16-6-5-7-18(35)19(16)25(36)21-20(17)26(37)23-24(34(3)4)27(38)22(30(32)41)29(40)31(23,42)28(21)39/h5-12,20,23-24,26,35,37-39,42H,13H2,1-4H3,(H2,32,41)/b17-12+/t20-,23-,24+,26+,31+/m1/s1. The Bertz CT molecular complexity index is 1600. The molecule has 0 saturated heterocycles. The predicted molar refractivity (Wildman–Crippen MR) is 153 cm³/mol. The zero-order chi connectivity index (χ0) is 30.8. The van der Waals surface area contributed by atoms with Gasteiger partial charge in [0.1, 0.15) is 22.8 Å². The van der Waals surface area contributed by atoms with Gasteiger partial charge in [0.15, 0.2) is 11.4 Å². The molecular weight excluding hydrogens is 542 g/mol. The lowest BCUT2D eigenvalue weighted by atomic mass is 9.56. The van der Waals surface area contributed by atoms with Gasteiger partial charge in [-0.3, -0.25) is 19.3 Å². The average molecular weight is 576 g/mol. The van der Waals surface area contributed by atoms with Crippen molar-refractivity contribution < 1.29 is 39.9 Å². The van der Waals surface area contributed by atoms with Crippen molar-refractivity contribution in [3.8, 4) is 5.75 Å². The number of phenols is 1. The molecule has 7 N–H and O–H groups in total. The maximum atomic E-state index is 13.9. The SMILES string of the molecule is CN(C)Cc1ccc(/C=C2\c3cccc(O)c3C(=O)C3=C(O)[C@]4(O)C(=O)C(C(N)=O)=C(O)[C@@H](N(C)C)[C@@H]4[C@@H](O)[C@@H]32)cc1. The summed E-state index contributed by atoms with van der Waals surface area (Å²) in [6.45, 7) is 0.703. The van der Waals surface area contributed by atoms with E-state index in [0.717, 1.165) is 5.56 Å². The summed E-state index contributed by atoms with van der Waals surface area (Å²) >= 11 is 0. The van der Waals surface area contributed by atoms with Crippen LogP contribution >= 0.6 is 0 Å². The summed E-state index contributed by atoms with van der Waals surface area (Å²) in [5.41, 5.74) is 3.15. The number of likely N-dealkylation sites (N-methyl/N-ethyl adjacent to an activating group) is 1. The van der Waals surface area contributed by atoms with Gasteiger partial charge >= 0.3 is 0 Å². The van der Waals surface area contributed by atoms with Crippen molar-refractivity contribution in [3.05, 3.63) is 87.4 Å². The number of carbonyl (C=O) groups excluding carboxylic acids is 3. The number of aromatic hydroxyl groups is 1. The van der Waals surface area contributed by atoms with E-state index in [4.69, 9.17) is 5.73 Å². The van der Waals surface area contributed by atoms with Crippen molar-refractivity contribution in [2.75, 3.05) is 28.2 Å². The molecule has 2 aromatic rings. The number of rotatable bonds is 5. The number of carbonyl (C=O) groups is 3. The number of hydrogen-bond donors (Lipinski definition) is 6. The van der Waals surface area contributed by atoms with Crippen molar-refractivity contribution in [1.29, 1.82) is 0 Å². The molecule has 5 rings (SSSR count). The van der Waals surface area contributed by atoms with Crippen LogP contribution in [0.4, 0.5) is 0 Å². The molecule has 220 valence electrons. The fourth-order valence-corrected chi connectivity index (χ4v) is 6.58. The zero-order valence-corrected chi connectivity index (χ0v) is 23.6. The second-order valence-corrected chi connectivity index (χ2v) is 11.5. The van der Waals surface area contributed by atoms with Crippen molar-refractivity contribution in [2.45, 2.75) is 24.3 Å².